The first-order chi connectivity index (χ1) is 13.2. The molecule has 3 heterocycles. The van der Waals surface area contributed by atoms with Crippen LogP contribution in [0, 0.1) is 6.92 Å². The predicted molar refractivity (Wildman–Crippen MR) is 101 cm³/mol. The van der Waals surface area contributed by atoms with E-state index in [9.17, 15) is 0 Å². The van der Waals surface area contributed by atoms with Gasteiger partial charge in [-0.1, -0.05) is 12.1 Å². The Morgan fingerprint density at radius 2 is 1.22 bits per heavy atom. The van der Waals surface area contributed by atoms with E-state index in [1.54, 1.807) is 26.6 Å². The van der Waals surface area contributed by atoms with Crippen LogP contribution in [0.1, 0.15) is 17.0 Å². The Balaban J connectivity index is 1.60. The first-order valence-electron chi connectivity index (χ1n) is 8.34. The number of anilines is 2. The van der Waals surface area contributed by atoms with Gasteiger partial charge in [0.1, 0.15) is 5.82 Å². The topological polar surface area (TPSA) is 107 Å². The van der Waals surface area contributed by atoms with Crippen molar-refractivity contribution in [2.24, 2.45) is 0 Å². The molecular weight excluding hydrogens is 346 g/mol. The summed E-state index contributed by atoms with van der Waals surface area (Å²) in [5.74, 6) is 2.77. The van der Waals surface area contributed by atoms with Gasteiger partial charge in [-0.15, -0.1) is 0 Å². The van der Waals surface area contributed by atoms with Crippen molar-refractivity contribution in [1.29, 1.82) is 0 Å². The standard InChI is InChI=1S/C18H21N7O2/c1-12-23-17(21-10-13-4-6-15(26-2)19-8-13)25-18(24-12)22-11-14-5-7-16(27-3)20-9-14/h4-9H,10-11H2,1-3H3,(H2,21,22,23,24,25). The molecule has 0 atom stereocenters. The van der Waals surface area contributed by atoms with Gasteiger partial charge in [0.2, 0.25) is 23.7 Å². The van der Waals surface area contributed by atoms with Crippen LogP contribution < -0.4 is 20.1 Å². The molecule has 9 nitrogen and oxygen atoms in total. The van der Waals surface area contributed by atoms with Gasteiger partial charge < -0.3 is 20.1 Å². The number of methoxy groups -OCH3 is 2. The zero-order chi connectivity index (χ0) is 19.1. The molecule has 0 saturated carbocycles. The fraction of sp³-hybridized carbons (Fsp3) is 0.278. The minimum atomic E-state index is 0.494. The van der Waals surface area contributed by atoms with Crippen LogP contribution in [-0.2, 0) is 13.1 Å². The van der Waals surface area contributed by atoms with E-state index in [1.807, 2.05) is 31.2 Å². The predicted octanol–water partition coefficient (Wildman–Crippen LogP) is 2.21. The first-order valence-corrected chi connectivity index (χ1v) is 8.34. The molecule has 3 aromatic heterocycles. The summed E-state index contributed by atoms with van der Waals surface area (Å²) >= 11 is 0. The number of aryl methyl sites for hydroxylation is 1. The van der Waals surface area contributed by atoms with Crippen molar-refractivity contribution in [3.05, 3.63) is 53.6 Å². The summed E-state index contributed by atoms with van der Waals surface area (Å²) in [6.45, 7) is 2.91. The van der Waals surface area contributed by atoms with Crippen molar-refractivity contribution in [2.75, 3.05) is 24.9 Å². The van der Waals surface area contributed by atoms with E-state index in [-0.39, 0.29) is 0 Å². The van der Waals surface area contributed by atoms with E-state index >= 15 is 0 Å². The highest BCUT2D eigenvalue weighted by molar-refractivity contribution is 5.36. The van der Waals surface area contributed by atoms with Crippen molar-refractivity contribution in [1.82, 2.24) is 24.9 Å². The van der Waals surface area contributed by atoms with E-state index < -0.39 is 0 Å². The average molecular weight is 367 g/mol. The second-order valence-electron chi connectivity index (χ2n) is 5.65. The zero-order valence-corrected chi connectivity index (χ0v) is 15.4. The van der Waals surface area contributed by atoms with Crippen molar-refractivity contribution < 1.29 is 9.47 Å². The number of ether oxygens (including phenoxy) is 2. The van der Waals surface area contributed by atoms with Gasteiger partial charge in [-0.25, -0.2) is 9.97 Å². The van der Waals surface area contributed by atoms with Gasteiger partial charge in [-0.3, -0.25) is 0 Å². The van der Waals surface area contributed by atoms with Crippen LogP contribution in [0.2, 0.25) is 0 Å². The van der Waals surface area contributed by atoms with Crippen LogP contribution in [0.15, 0.2) is 36.7 Å². The first kappa shape index (κ1) is 18.3. The molecule has 140 valence electrons. The zero-order valence-electron chi connectivity index (χ0n) is 15.4. The minimum Gasteiger partial charge on any atom is -0.481 e. The number of hydrogen-bond donors (Lipinski definition) is 2. The van der Waals surface area contributed by atoms with Gasteiger partial charge in [0.05, 0.1) is 14.2 Å². The normalized spacial score (nSPS) is 10.3. The lowest BCUT2D eigenvalue weighted by Crippen LogP contribution is -2.10. The number of nitrogens with zero attached hydrogens (tertiary/aromatic N) is 5. The van der Waals surface area contributed by atoms with Gasteiger partial charge in [0.25, 0.3) is 0 Å². The number of rotatable bonds is 8. The number of hydrogen-bond acceptors (Lipinski definition) is 9. The highest BCUT2D eigenvalue weighted by atomic mass is 16.5. The highest BCUT2D eigenvalue weighted by Gasteiger charge is 2.05. The molecule has 0 spiro atoms. The summed E-state index contributed by atoms with van der Waals surface area (Å²) in [4.78, 5) is 21.4. The molecule has 0 amide bonds. The maximum Gasteiger partial charge on any atom is 0.228 e. The molecule has 0 unspecified atom stereocenters. The lowest BCUT2D eigenvalue weighted by atomic mass is 10.3. The smallest absolute Gasteiger partial charge is 0.228 e. The van der Waals surface area contributed by atoms with Crippen molar-refractivity contribution in [3.8, 4) is 11.8 Å². The Hall–Kier alpha value is -3.49. The molecule has 0 aliphatic carbocycles. The van der Waals surface area contributed by atoms with Crippen LogP contribution in [-0.4, -0.2) is 39.1 Å². The van der Waals surface area contributed by atoms with Crippen LogP contribution in [0.25, 0.3) is 0 Å². The van der Waals surface area contributed by atoms with E-state index in [1.165, 1.54) is 0 Å². The fourth-order valence-corrected chi connectivity index (χ4v) is 2.27. The Labute approximate surface area is 157 Å². The van der Waals surface area contributed by atoms with Gasteiger partial charge in [0, 0.05) is 37.6 Å². The minimum absolute atomic E-state index is 0.494. The average Bonchev–Trinajstić information content (AvgIpc) is 2.71. The third kappa shape index (κ3) is 5.24. The van der Waals surface area contributed by atoms with Gasteiger partial charge in [-0.2, -0.15) is 15.0 Å². The second-order valence-corrected chi connectivity index (χ2v) is 5.65. The summed E-state index contributed by atoms with van der Waals surface area (Å²) in [5, 5.41) is 6.36. The molecule has 0 aliphatic heterocycles. The van der Waals surface area contributed by atoms with Crippen LogP contribution in [0.4, 0.5) is 11.9 Å². The third-order valence-corrected chi connectivity index (χ3v) is 3.66. The van der Waals surface area contributed by atoms with Gasteiger partial charge in [0.15, 0.2) is 0 Å². The molecule has 0 aromatic carbocycles. The summed E-state index contributed by atoms with van der Waals surface area (Å²) < 4.78 is 10.1. The van der Waals surface area contributed by atoms with Crippen LogP contribution in [0.3, 0.4) is 0 Å². The maximum absolute atomic E-state index is 5.06. The van der Waals surface area contributed by atoms with Crippen molar-refractivity contribution >= 4 is 11.9 Å². The van der Waals surface area contributed by atoms with Crippen LogP contribution >= 0.6 is 0 Å². The van der Waals surface area contributed by atoms with Crippen LogP contribution in [0.5, 0.6) is 11.8 Å². The third-order valence-electron chi connectivity index (χ3n) is 3.66. The Bertz CT molecular complexity index is 800. The molecule has 3 aromatic rings. The monoisotopic (exact) mass is 367 g/mol. The number of pyridine rings is 2. The quantitative estimate of drug-likeness (QED) is 0.619. The highest BCUT2D eigenvalue weighted by Crippen LogP contribution is 2.11. The lowest BCUT2D eigenvalue weighted by molar-refractivity contribution is 0.397. The Morgan fingerprint density at radius 1 is 0.741 bits per heavy atom. The van der Waals surface area contributed by atoms with Crippen molar-refractivity contribution in [2.45, 2.75) is 20.0 Å². The molecule has 2 N–H and O–H groups in total. The van der Waals surface area contributed by atoms with E-state index in [0.717, 1.165) is 11.1 Å². The summed E-state index contributed by atoms with van der Waals surface area (Å²) in [6.07, 6.45) is 3.49. The molecule has 0 saturated heterocycles. The molecule has 0 aliphatic rings. The molecule has 0 fully saturated rings. The van der Waals surface area contributed by atoms with E-state index in [2.05, 4.69) is 35.6 Å². The Kier molecular flexibility index (Phi) is 5.93. The number of nitrogens with one attached hydrogen (secondary N) is 2. The molecular formula is C18H21N7O2. The second kappa shape index (κ2) is 8.75. The molecule has 0 bridgehead atoms. The molecule has 0 radical (unpaired) electrons. The van der Waals surface area contributed by atoms with Gasteiger partial charge in [-0.05, 0) is 18.1 Å². The van der Waals surface area contributed by atoms with Crippen molar-refractivity contribution in [3.63, 3.8) is 0 Å². The lowest BCUT2D eigenvalue weighted by Gasteiger charge is -2.09. The van der Waals surface area contributed by atoms with Gasteiger partial charge >= 0.3 is 0 Å². The van der Waals surface area contributed by atoms with E-state index in [0.29, 0.717) is 42.6 Å². The maximum atomic E-state index is 5.06. The van der Waals surface area contributed by atoms with E-state index in [4.69, 9.17) is 9.47 Å². The molecule has 9 heteroatoms. The summed E-state index contributed by atoms with van der Waals surface area (Å²) in [7, 11) is 3.18. The summed E-state index contributed by atoms with van der Waals surface area (Å²) in [6, 6.07) is 7.49. The largest absolute Gasteiger partial charge is 0.481 e. The Morgan fingerprint density at radius 3 is 1.59 bits per heavy atom. The number of aromatic nitrogens is 5. The molecule has 27 heavy (non-hydrogen) atoms. The fourth-order valence-electron chi connectivity index (χ4n) is 2.27. The SMILES string of the molecule is COc1ccc(CNc2nc(C)nc(NCc3ccc(OC)nc3)n2)cn1. The molecule has 3 rings (SSSR count). The summed E-state index contributed by atoms with van der Waals surface area (Å²) in [5.41, 5.74) is 1.99.